The molecule has 0 spiro atoms. The Morgan fingerprint density at radius 3 is 2.77 bits per heavy atom. The minimum absolute atomic E-state index is 0.127. The predicted molar refractivity (Wildman–Crippen MR) is 84.9 cm³/mol. The molecule has 0 amide bonds. The lowest BCUT2D eigenvalue weighted by atomic mass is 10.0. The lowest BCUT2D eigenvalue weighted by molar-refractivity contribution is -0.759. The van der Waals surface area contributed by atoms with E-state index in [0.717, 1.165) is 13.1 Å². The van der Waals surface area contributed by atoms with Gasteiger partial charge in [0, 0.05) is 11.0 Å². The minimum atomic E-state index is -0.127. The van der Waals surface area contributed by atoms with E-state index in [0.29, 0.717) is 16.9 Å². The molecule has 0 aromatic carbocycles. The van der Waals surface area contributed by atoms with Crippen LogP contribution in [0.2, 0.25) is 0 Å². The van der Waals surface area contributed by atoms with E-state index in [1.54, 1.807) is 22.7 Å². The average Bonchev–Trinajstić information content (AvgIpc) is 3.03. The highest BCUT2D eigenvalue weighted by Crippen LogP contribution is 2.28. The van der Waals surface area contributed by atoms with Crippen LogP contribution in [0.4, 0.5) is 5.88 Å². The first kappa shape index (κ1) is 15.6. The quantitative estimate of drug-likeness (QED) is 0.467. The largest absolute Gasteiger partial charge is 0.861 e. The first-order chi connectivity index (χ1) is 10.8. The van der Waals surface area contributed by atoms with E-state index in [9.17, 15) is 5.11 Å². The van der Waals surface area contributed by atoms with Gasteiger partial charge in [-0.25, -0.2) is 4.99 Å². The molecular weight excluding hydrogens is 300 g/mol. The Balaban J connectivity index is 1.51. The standard InChI is InChI=1S/C15H24N4O2S/c20-14(12-22-13-7-3-1-4-8-13)16-15-11-19(17-21-15)18-9-5-2-6-10-18/h11,13H,1-10,12H2. The molecule has 1 saturated carbocycles. The maximum atomic E-state index is 11.9. The topological polar surface area (TPSA) is 68.6 Å². The molecule has 2 aliphatic rings. The number of aromatic nitrogens is 2. The molecule has 122 valence electrons. The molecule has 6 nitrogen and oxygen atoms in total. The van der Waals surface area contributed by atoms with Gasteiger partial charge in [0.25, 0.3) is 6.20 Å². The van der Waals surface area contributed by atoms with Crippen molar-refractivity contribution in [3.05, 3.63) is 6.20 Å². The van der Waals surface area contributed by atoms with Gasteiger partial charge < -0.3 is 5.11 Å². The van der Waals surface area contributed by atoms with Gasteiger partial charge in [-0.2, -0.15) is 16.8 Å². The lowest BCUT2D eigenvalue weighted by Gasteiger charge is -2.22. The van der Waals surface area contributed by atoms with Crippen LogP contribution in [-0.2, 0) is 0 Å². The summed E-state index contributed by atoms with van der Waals surface area (Å²) in [6.07, 6.45) is 11.7. The van der Waals surface area contributed by atoms with Crippen molar-refractivity contribution in [2.45, 2.75) is 56.6 Å². The number of aliphatic imine (C=N–C) groups is 1. The molecule has 1 aromatic rings. The van der Waals surface area contributed by atoms with Gasteiger partial charge >= 0.3 is 5.88 Å². The Morgan fingerprint density at radius 2 is 2.00 bits per heavy atom. The number of nitrogens with zero attached hydrogens (tertiary/aromatic N) is 4. The van der Waals surface area contributed by atoms with Crippen LogP contribution < -0.4 is 14.9 Å². The Hall–Kier alpha value is -1.24. The van der Waals surface area contributed by atoms with Crippen LogP contribution >= 0.6 is 11.8 Å². The molecule has 0 radical (unpaired) electrons. The summed E-state index contributed by atoms with van der Waals surface area (Å²) in [6, 6.07) is 0. The summed E-state index contributed by atoms with van der Waals surface area (Å²) in [7, 11) is 0. The smallest absolute Gasteiger partial charge is 0.324 e. The third kappa shape index (κ3) is 4.38. The molecule has 1 aliphatic heterocycles. The molecule has 2 heterocycles. The highest BCUT2D eigenvalue weighted by atomic mass is 32.2. The van der Waals surface area contributed by atoms with Crippen molar-refractivity contribution in [1.82, 2.24) is 5.27 Å². The lowest BCUT2D eigenvalue weighted by Crippen LogP contribution is -2.60. The summed E-state index contributed by atoms with van der Waals surface area (Å²) in [6.45, 7) is 1.95. The maximum absolute atomic E-state index is 11.9. The molecule has 2 fully saturated rings. The normalized spacial score (nSPS) is 21.3. The Kier molecular flexibility index (Phi) is 5.58. The monoisotopic (exact) mass is 324 g/mol. The summed E-state index contributed by atoms with van der Waals surface area (Å²) >= 11 is 1.74. The van der Waals surface area contributed by atoms with Crippen molar-refractivity contribution in [2.24, 2.45) is 4.99 Å². The molecule has 3 rings (SSSR count). The van der Waals surface area contributed by atoms with Gasteiger partial charge in [-0.1, -0.05) is 19.3 Å². The number of hydrogen-bond donors (Lipinski definition) is 0. The van der Waals surface area contributed by atoms with Crippen LogP contribution in [0.3, 0.4) is 0 Å². The van der Waals surface area contributed by atoms with Crippen LogP contribution in [-0.4, -0.2) is 35.3 Å². The minimum Gasteiger partial charge on any atom is -0.861 e. The fourth-order valence-electron chi connectivity index (χ4n) is 3.07. The van der Waals surface area contributed by atoms with Gasteiger partial charge in [-0.05, 0) is 38.0 Å². The van der Waals surface area contributed by atoms with E-state index in [1.165, 1.54) is 51.4 Å². The fraction of sp³-hybridized carbons (Fsp3) is 0.800. The number of rotatable bonds is 5. The number of piperidine rings is 1. The second-order valence-corrected chi connectivity index (χ2v) is 7.34. The molecule has 1 saturated heterocycles. The summed E-state index contributed by atoms with van der Waals surface area (Å²) in [4.78, 5) is 5.70. The number of hydrogen-bond acceptors (Lipinski definition) is 6. The van der Waals surface area contributed by atoms with Gasteiger partial charge in [-0.15, -0.1) is 0 Å². The first-order valence-corrected chi connectivity index (χ1v) is 9.36. The number of thioether (sulfide) groups is 1. The van der Waals surface area contributed by atoms with Crippen molar-refractivity contribution in [3.8, 4) is 0 Å². The van der Waals surface area contributed by atoms with Gasteiger partial charge in [0.15, 0.2) is 0 Å². The van der Waals surface area contributed by atoms with Crippen LogP contribution in [0, 0.1) is 0 Å². The molecule has 1 aromatic heterocycles. The van der Waals surface area contributed by atoms with E-state index in [1.807, 2.05) is 0 Å². The van der Waals surface area contributed by atoms with E-state index >= 15 is 0 Å². The zero-order valence-electron chi connectivity index (χ0n) is 12.9. The maximum Gasteiger partial charge on any atom is 0.324 e. The molecule has 22 heavy (non-hydrogen) atoms. The third-order valence-electron chi connectivity index (χ3n) is 4.30. The summed E-state index contributed by atoms with van der Waals surface area (Å²) in [5, 5.41) is 18.6. The van der Waals surface area contributed by atoms with Crippen LogP contribution in [0.15, 0.2) is 15.7 Å². The zero-order chi connectivity index (χ0) is 15.2. The van der Waals surface area contributed by atoms with E-state index < -0.39 is 0 Å². The highest BCUT2D eigenvalue weighted by molar-refractivity contribution is 8.00. The van der Waals surface area contributed by atoms with Crippen molar-refractivity contribution >= 4 is 23.5 Å². The summed E-state index contributed by atoms with van der Waals surface area (Å²) in [5.41, 5.74) is 0. The van der Waals surface area contributed by atoms with E-state index in [-0.39, 0.29) is 5.90 Å². The second-order valence-electron chi connectivity index (χ2n) is 6.05. The van der Waals surface area contributed by atoms with Crippen LogP contribution in [0.25, 0.3) is 0 Å². The SMILES string of the molecule is [O-]/C(CSC1CCCCC1)=N\c1c[n+](N2CCCCC2)no1. The average molecular weight is 324 g/mol. The van der Waals surface area contributed by atoms with Crippen molar-refractivity contribution in [1.29, 1.82) is 0 Å². The molecule has 0 bridgehead atoms. The van der Waals surface area contributed by atoms with Gasteiger partial charge in [-0.3, -0.25) is 4.52 Å². The Morgan fingerprint density at radius 1 is 1.27 bits per heavy atom. The zero-order valence-corrected chi connectivity index (χ0v) is 13.8. The van der Waals surface area contributed by atoms with Crippen molar-refractivity contribution < 1.29 is 14.4 Å². The molecule has 0 atom stereocenters. The van der Waals surface area contributed by atoms with Crippen LogP contribution in [0.5, 0.6) is 0 Å². The Labute approximate surface area is 135 Å². The first-order valence-electron chi connectivity index (χ1n) is 8.31. The van der Waals surface area contributed by atoms with Gasteiger partial charge in [0.1, 0.15) is 0 Å². The van der Waals surface area contributed by atoms with Gasteiger partial charge in [0.2, 0.25) is 5.27 Å². The van der Waals surface area contributed by atoms with Crippen molar-refractivity contribution in [2.75, 3.05) is 23.9 Å². The third-order valence-corrected chi connectivity index (χ3v) is 5.65. The van der Waals surface area contributed by atoms with Crippen LogP contribution in [0.1, 0.15) is 51.4 Å². The fourth-order valence-corrected chi connectivity index (χ4v) is 4.18. The van der Waals surface area contributed by atoms with Crippen molar-refractivity contribution in [3.63, 3.8) is 0 Å². The van der Waals surface area contributed by atoms with Gasteiger partial charge in [0.05, 0.1) is 17.9 Å². The predicted octanol–water partition coefficient (Wildman–Crippen LogP) is 1.54. The molecule has 0 N–H and O–H groups in total. The van der Waals surface area contributed by atoms with E-state index in [2.05, 4.69) is 15.3 Å². The highest BCUT2D eigenvalue weighted by Gasteiger charge is 2.22. The second kappa shape index (κ2) is 7.85. The molecule has 7 heteroatoms. The molecular formula is C15H24N4O2S. The molecule has 1 aliphatic carbocycles. The summed E-state index contributed by atoms with van der Waals surface area (Å²) in [5.74, 6) is 0.618. The molecule has 0 unspecified atom stereocenters. The van der Waals surface area contributed by atoms with E-state index in [4.69, 9.17) is 4.52 Å². The Bertz CT molecular complexity index is 493. The summed E-state index contributed by atoms with van der Waals surface area (Å²) < 4.78 is 5.15.